The van der Waals surface area contributed by atoms with Crippen LogP contribution in [0.3, 0.4) is 0 Å². The summed E-state index contributed by atoms with van der Waals surface area (Å²) in [5.41, 5.74) is 8.05. The molecule has 0 saturated heterocycles. The molecule has 0 bridgehead atoms. The maximum Gasteiger partial charge on any atom is 0.251 e. The number of ether oxygens (including phenoxy) is 2. The Balaban J connectivity index is 2.19. The number of hydrogen-bond acceptors (Lipinski definition) is 4. The molecular weight excluding hydrogens is 242 g/mol. The normalized spacial score (nSPS) is 14.7. The van der Waals surface area contributed by atoms with Gasteiger partial charge in [0, 0.05) is 23.4 Å². The molecule has 1 aromatic carbocycles. The van der Waals surface area contributed by atoms with Crippen LogP contribution in [0.2, 0.25) is 0 Å². The summed E-state index contributed by atoms with van der Waals surface area (Å²) in [5, 5.41) is 0. The highest BCUT2D eigenvalue weighted by Gasteiger charge is 2.18. The Morgan fingerprint density at radius 1 is 1.44 bits per heavy atom. The Morgan fingerprint density at radius 2 is 2.22 bits per heavy atom. The fourth-order valence-corrected chi connectivity index (χ4v) is 2.03. The average Bonchev–Trinajstić information content (AvgIpc) is 2.27. The molecule has 4 nitrogen and oxygen atoms in total. The Labute approximate surface area is 104 Å². The summed E-state index contributed by atoms with van der Waals surface area (Å²) in [6.07, 6.45) is -2.35. The predicted octanol–water partition coefficient (Wildman–Crippen LogP) is 1.83. The van der Waals surface area contributed by atoms with E-state index in [1.165, 1.54) is 0 Å². The molecule has 0 unspecified atom stereocenters. The first-order valence-corrected chi connectivity index (χ1v) is 5.64. The second kappa shape index (κ2) is 5.49. The van der Waals surface area contributed by atoms with Crippen molar-refractivity contribution in [2.24, 2.45) is 0 Å². The van der Waals surface area contributed by atoms with Gasteiger partial charge in [0.15, 0.2) is 6.79 Å². The highest BCUT2D eigenvalue weighted by Crippen LogP contribution is 2.31. The lowest BCUT2D eigenvalue weighted by Gasteiger charge is -2.24. The number of alkyl halides is 2. The average molecular weight is 258 g/mol. The smallest absolute Gasteiger partial charge is 0.251 e. The van der Waals surface area contributed by atoms with Crippen LogP contribution >= 0.6 is 0 Å². The summed E-state index contributed by atoms with van der Waals surface area (Å²) in [5.74, 6) is 0.705. The molecule has 2 N–H and O–H groups in total. The van der Waals surface area contributed by atoms with Crippen molar-refractivity contribution in [1.29, 1.82) is 0 Å². The second-order valence-corrected chi connectivity index (χ2v) is 4.37. The number of nitrogens with zero attached hydrogens (tertiary/aromatic N) is 1. The van der Waals surface area contributed by atoms with Gasteiger partial charge in [-0.15, -0.1) is 0 Å². The van der Waals surface area contributed by atoms with E-state index in [-0.39, 0.29) is 13.3 Å². The fourth-order valence-electron chi connectivity index (χ4n) is 2.03. The summed E-state index contributed by atoms with van der Waals surface area (Å²) in [6.45, 7) is 0.714. The van der Waals surface area contributed by atoms with Crippen molar-refractivity contribution in [2.75, 3.05) is 26.1 Å². The number of nitrogens with two attached hydrogens (primary N) is 1. The number of nitrogen functional groups attached to an aromatic ring is 1. The van der Waals surface area contributed by atoms with E-state index in [1.54, 1.807) is 24.1 Å². The minimum atomic E-state index is -2.35. The van der Waals surface area contributed by atoms with E-state index in [1.807, 2.05) is 0 Å². The first-order valence-electron chi connectivity index (χ1n) is 5.64. The molecule has 0 amide bonds. The third-order valence-electron chi connectivity index (χ3n) is 2.70. The van der Waals surface area contributed by atoms with Gasteiger partial charge < -0.3 is 15.2 Å². The van der Waals surface area contributed by atoms with Gasteiger partial charge in [0.25, 0.3) is 6.43 Å². The van der Waals surface area contributed by atoms with Crippen LogP contribution in [0.4, 0.5) is 14.5 Å². The topological polar surface area (TPSA) is 47.7 Å². The Hall–Kier alpha value is -1.40. The van der Waals surface area contributed by atoms with E-state index in [2.05, 4.69) is 0 Å². The number of halogens is 2. The van der Waals surface area contributed by atoms with Gasteiger partial charge in [0.1, 0.15) is 5.75 Å². The largest absolute Gasteiger partial charge is 0.467 e. The van der Waals surface area contributed by atoms with Crippen molar-refractivity contribution in [3.05, 3.63) is 23.3 Å². The first kappa shape index (κ1) is 13.0. The molecule has 1 heterocycles. The predicted molar refractivity (Wildman–Crippen MR) is 63.5 cm³/mol. The zero-order valence-corrected chi connectivity index (χ0v) is 10.2. The zero-order valence-electron chi connectivity index (χ0n) is 10.2. The number of hydrogen-bond donors (Lipinski definition) is 1. The maximum atomic E-state index is 12.3. The van der Waals surface area contributed by atoms with Gasteiger partial charge in [0.2, 0.25) is 0 Å². The van der Waals surface area contributed by atoms with E-state index in [9.17, 15) is 8.78 Å². The standard InChI is InChI=1S/C12H16F2N2O2/c1-16(5-11(13)14)4-8-2-10(15)3-9-6-17-7-18-12(8)9/h2-3,11H,4-7,15H2,1H3. The molecule has 0 radical (unpaired) electrons. The van der Waals surface area contributed by atoms with Crippen LogP contribution in [0.5, 0.6) is 5.75 Å². The molecule has 100 valence electrons. The van der Waals surface area contributed by atoms with Crippen LogP contribution in [-0.4, -0.2) is 31.7 Å². The molecule has 18 heavy (non-hydrogen) atoms. The molecule has 2 rings (SSSR count). The molecule has 0 saturated carbocycles. The minimum absolute atomic E-state index is 0.183. The molecule has 1 aliphatic rings. The van der Waals surface area contributed by atoms with Crippen LogP contribution in [0, 0.1) is 0 Å². The van der Waals surface area contributed by atoms with Crippen molar-refractivity contribution in [1.82, 2.24) is 4.90 Å². The van der Waals surface area contributed by atoms with E-state index in [0.717, 1.165) is 11.1 Å². The summed E-state index contributed by atoms with van der Waals surface area (Å²) in [7, 11) is 1.64. The Kier molecular flexibility index (Phi) is 3.98. The SMILES string of the molecule is CN(Cc1cc(N)cc2c1OCOC2)CC(F)F. The van der Waals surface area contributed by atoms with Crippen molar-refractivity contribution in [3.8, 4) is 5.75 Å². The van der Waals surface area contributed by atoms with Crippen molar-refractivity contribution >= 4 is 5.69 Å². The van der Waals surface area contributed by atoms with E-state index >= 15 is 0 Å². The number of anilines is 1. The lowest BCUT2D eigenvalue weighted by molar-refractivity contribution is -0.0175. The summed E-state index contributed by atoms with van der Waals surface area (Å²) < 4.78 is 35.2. The monoisotopic (exact) mass is 258 g/mol. The fraction of sp³-hybridized carbons (Fsp3) is 0.500. The van der Waals surface area contributed by atoms with Crippen LogP contribution in [0.25, 0.3) is 0 Å². The molecule has 0 aromatic heterocycles. The molecular formula is C12H16F2N2O2. The third-order valence-corrected chi connectivity index (χ3v) is 2.70. The minimum Gasteiger partial charge on any atom is -0.467 e. The third kappa shape index (κ3) is 3.08. The highest BCUT2D eigenvalue weighted by atomic mass is 19.3. The summed E-state index contributed by atoms with van der Waals surface area (Å²) in [4.78, 5) is 1.54. The maximum absolute atomic E-state index is 12.3. The van der Waals surface area contributed by atoms with Crippen LogP contribution in [0.15, 0.2) is 12.1 Å². The molecule has 0 spiro atoms. The summed E-state index contributed by atoms with van der Waals surface area (Å²) in [6, 6.07) is 3.54. The van der Waals surface area contributed by atoms with Gasteiger partial charge in [-0.2, -0.15) is 0 Å². The number of benzene rings is 1. The van der Waals surface area contributed by atoms with E-state index < -0.39 is 6.43 Å². The van der Waals surface area contributed by atoms with E-state index in [0.29, 0.717) is 24.6 Å². The van der Waals surface area contributed by atoms with Crippen LogP contribution in [0.1, 0.15) is 11.1 Å². The molecule has 0 fully saturated rings. The van der Waals surface area contributed by atoms with Gasteiger partial charge in [-0.25, -0.2) is 8.78 Å². The summed E-state index contributed by atoms with van der Waals surface area (Å²) >= 11 is 0. The molecule has 0 aliphatic carbocycles. The zero-order chi connectivity index (χ0) is 13.1. The van der Waals surface area contributed by atoms with Gasteiger partial charge in [-0.05, 0) is 19.2 Å². The lowest BCUT2D eigenvalue weighted by atomic mass is 10.1. The number of rotatable bonds is 4. The molecule has 6 heteroatoms. The van der Waals surface area contributed by atoms with Crippen molar-refractivity contribution < 1.29 is 18.3 Å². The Morgan fingerprint density at radius 3 is 2.94 bits per heavy atom. The van der Waals surface area contributed by atoms with Gasteiger partial charge in [-0.1, -0.05) is 0 Å². The van der Waals surface area contributed by atoms with Gasteiger partial charge in [-0.3, -0.25) is 4.90 Å². The van der Waals surface area contributed by atoms with Crippen molar-refractivity contribution in [2.45, 2.75) is 19.6 Å². The van der Waals surface area contributed by atoms with Crippen LogP contribution in [-0.2, 0) is 17.9 Å². The van der Waals surface area contributed by atoms with E-state index in [4.69, 9.17) is 15.2 Å². The lowest BCUT2D eigenvalue weighted by Crippen LogP contribution is -2.25. The molecule has 0 atom stereocenters. The first-order chi connectivity index (χ1) is 8.56. The second-order valence-electron chi connectivity index (χ2n) is 4.37. The van der Waals surface area contributed by atoms with Crippen LogP contribution < -0.4 is 10.5 Å². The molecule has 1 aromatic rings. The van der Waals surface area contributed by atoms with Crippen molar-refractivity contribution in [3.63, 3.8) is 0 Å². The Bertz CT molecular complexity index is 427. The quantitative estimate of drug-likeness (QED) is 0.837. The molecule has 1 aliphatic heterocycles. The number of fused-ring (bicyclic) bond motifs is 1. The van der Waals surface area contributed by atoms with Gasteiger partial charge >= 0.3 is 0 Å². The van der Waals surface area contributed by atoms with Gasteiger partial charge in [0.05, 0.1) is 13.2 Å². The highest BCUT2D eigenvalue weighted by molar-refractivity contribution is 5.53.